The second kappa shape index (κ2) is 10.4. The van der Waals surface area contributed by atoms with Crippen LogP contribution in [0.25, 0.3) is 0 Å². The largest absolute Gasteiger partial charge is 0.497 e. The van der Waals surface area contributed by atoms with E-state index < -0.39 is 20.6 Å². The van der Waals surface area contributed by atoms with Crippen molar-refractivity contribution in [2.24, 2.45) is 0 Å². The molecule has 0 aliphatic carbocycles. The first-order valence-electron chi connectivity index (χ1n) is 12.2. The van der Waals surface area contributed by atoms with Gasteiger partial charge in [-0.3, -0.25) is 4.79 Å². The highest BCUT2D eigenvalue weighted by molar-refractivity contribution is 6.99. The number of methoxy groups -OCH3 is 1. The summed E-state index contributed by atoms with van der Waals surface area (Å²) in [5.41, 5.74) is 0.935. The Morgan fingerprint density at radius 3 is 1.94 bits per heavy atom. The number of amides is 1. The number of hydrogen-bond acceptors (Lipinski definition) is 4. The molecule has 0 aromatic heterocycles. The van der Waals surface area contributed by atoms with Crippen molar-refractivity contribution < 1.29 is 19.1 Å². The molecule has 1 amide bonds. The van der Waals surface area contributed by atoms with E-state index in [2.05, 4.69) is 45.0 Å². The molecule has 1 aliphatic rings. The first kappa shape index (κ1) is 25.2. The highest BCUT2D eigenvalue weighted by atomic mass is 28.4. The summed E-state index contributed by atoms with van der Waals surface area (Å²) in [5.74, 6) is 0.697. The Kier molecular flexibility index (Phi) is 7.45. The summed E-state index contributed by atoms with van der Waals surface area (Å²) >= 11 is 0. The second-order valence-corrected chi connectivity index (χ2v) is 14.4. The first-order chi connectivity index (χ1) is 16.8. The van der Waals surface area contributed by atoms with Gasteiger partial charge in [-0.15, -0.1) is 0 Å². The van der Waals surface area contributed by atoms with Crippen molar-refractivity contribution in [3.63, 3.8) is 0 Å². The topological polar surface area (TPSA) is 59.0 Å². The van der Waals surface area contributed by atoms with Crippen LogP contribution in [0.4, 0.5) is 0 Å². The van der Waals surface area contributed by atoms with Crippen molar-refractivity contribution in [1.82, 2.24) is 4.90 Å². The highest BCUT2D eigenvalue weighted by Gasteiger charge is 2.53. The molecule has 184 valence electrons. The summed E-state index contributed by atoms with van der Waals surface area (Å²) in [6.07, 6.45) is -0.683. The second-order valence-electron chi connectivity index (χ2n) is 10.1. The third-order valence-corrected chi connectivity index (χ3v) is 11.9. The average Bonchev–Trinajstić information content (AvgIpc) is 2.87. The third-order valence-electron chi connectivity index (χ3n) is 6.87. The van der Waals surface area contributed by atoms with Gasteiger partial charge in [0, 0.05) is 13.0 Å². The monoisotopic (exact) mass is 489 g/mol. The number of carbonyl (C=O) groups excluding carboxylic acids is 1. The molecule has 5 nitrogen and oxygen atoms in total. The molecule has 1 fully saturated rings. The van der Waals surface area contributed by atoms with Crippen LogP contribution in [0, 0.1) is 0 Å². The fourth-order valence-electron chi connectivity index (χ4n) is 5.05. The maximum absolute atomic E-state index is 12.9. The molecule has 1 saturated heterocycles. The number of rotatable bonds is 7. The maximum atomic E-state index is 12.9. The Morgan fingerprint density at radius 2 is 1.46 bits per heavy atom. The zero-order valence-corrected chi connectivity index (χ0v) is 22.0. The number of carbonyl (C=O) groups is 1. The first-order valence-corrected chi connectivity index (χ1v) is 14.1. The zero-order chi connectivity index (χ0) is 25.1. The Labute approximate surface area is 209 Å². The molecule has 1 aliphatic heterocycles. The summed E-state index contributed by atoms with van der Waals surface area (Å²) in [7, 11) is -1.22. The molecule has 0 saturated carbocycles. The number of ether oxygens (including phenoxy) is 1. The molecule has 3 aromatic carbocycles. The lowest BCUT2D eigenvalue weighted by molar-refractivity contribution is -0.160. The van der Waals surface area contributed by atoms with E-state index in [-0.39, 0.29) is 10.9 Å². The Bertz CT molecular complexity index is 1070. The summed E-state index contributed by atoms with van der Waals surface area (Å²) < 4.78 is 12.4. The van der Waals surface area contributed by atoms with Crippen LogP contribution in [-0.2, 0) is 15.8 Å². The summed E-state index contributed by atoms with van der Waals surface area (Å²) in [6, 6.07) is 28.4. The van der Waals surface area contributed by atoms with Gasteiger partial charge in [-0.05, 0) is 39.5 Å². The molecule has 6 heteroatoms. The molecule has 0 bridgehead atoms. The maximum Gasteiger partial charge on any atom is 0.261 e. The molecular weight excluding hydrogens is 454 g/mol. The minimum atomic E-state index is -2.85. The van der Waals surface area contributed by atoms with Gasteiger partial charge >= 0.3 is 0 Å². The van der Waals surface area contributed by atoms with Crippen molar-refractivity contribution in [3.8, 4) is 5.75 Å². The van der Waals surface area contributed by atoms with Crippen molar-refractivity contribution in [3.05, 3.63) is 90.5 Å². The van der Waals surface area contributed by atoms with Crippen LogP contribution in [0.2, 0.25) is 5.04 Å². The normalized spacial score (nSPS) is 19.0. The average molecular weight is 490 g/mol. The SMILES string of the molecule is COc1ccc(CN2C(=O)CC[C@H](O[Si](c3ccccc3)(c3ccccc3)C(C)(C)C)C2O)cc1. The lowest BCUT2D eigenvalue weighted by Gasteiger charge is -2.48. The lowest BCUT2D eigenvalue weighted by atomic mass is 10.0. The fraction of sp³-hybridized carbons (Fsp3) is 0.345. The number of aliphatic hydroxyl groups is 1. The van der Waals surface area contributed by atoms with Gasteiger partial charge in [-0.1, -0.05) is 93.6 Å². The predicted octanol–water partition coefficient (Wildman–Crippen LogP) is 4.08. The van der Waals surface area contributed by atoms with Crippen LogP contribution >= 0.6 is 0 Å². The third kappa shape index (κ3) is 5.05. The Morgan fingerprint density at radius 1 is 0.914 bits per heavy atom. The van der Waals surface area contributed by atoms with E-state index in [0.717, 1.165) is 21.7 Å². The van der Waals surface area contributed by atoms with Crippen LogP contribution in [0.5, 0.6) is 5.75 Å². The van der Waals surface area contributed by atoms with Gasteiger partial charge in [-0.25, -0.2) is 0 Å². The van der Waals surface area contributed by atoms with Crippen LogP contribution < -0.4 is 15.1 Å². The van der Waals surface area contributed by atoms with Gasteiger partial charge in [0.2, 0.25) is 5.91 Å². The molecule has 0 radical (unpaired) electrons. The van der Waals surface area contributed by atoms with Crippen LogP contribution in [0.1, 0.15) is 39.2 Å². The summed E-state index contributed by atoms with van der Waals surface area (Å²) in [6.45, 7) is 6.97. The number of piperidine rings is 1. The Balaban J connectivity index is 1.70. The minimum Gasteiger partial charge on any atom is -0.497 e. The van der Waals surface area contributed by atoms with Crippen LogP contribution in [0.3, 0.4) is 0 Å². The standard InChI is InChI=1S/C29H35NO4Si/c1-29(2,3)35(24-11-7-5-8-12-24,25-13-9-6-10-14-25)34-26-19-20-27(31)30(28(26)32)21-22-15-17-23(33-4)18-16-22/h5-18,26,28,32H,19-21H2,1-4H3/t26-,28?/m0/s1. The number of likely N-dealkylation sites (tertiary alicyclic amines) is 1. The smallest absolute Gasteiger partial charge is 0.261 e. The molecule has 1 heterocycles. The molecule has 4 rings (SSSR count). The number of aliphatic hydroxyl groups excluding tert-OH is 1. The van der Waals surface area contributed by atoms with E-state index in [1.807, 2.05) is 60.7 Å². The van der Waals surface area contributed by atoms with Crippen LogP contribution in [0.15, 0.2) is 84.9 Å². The Hall–Kier alpha value is -2.93. The molecular formula is C29H35NO4Si. The van der Waals surface area contributed by atoms with E-state index in [1.54, 1.807) is 12.0 Å². The zero-order valence-electron chi connectivity index (χ0n) is 21.0. The predicted molar refractivity (Wildman–Crippen MR) is 141 cm³/mol. The van der Waals surface area contributed by atoms with Crippen molar-refractivity contribution in [2.45, 2.75) is 57.5 Å². The van der Waals surface area contributed by atoms with E-state index in [9.17, 15) is 9.90 Å². The van der Waals surface area contributed by atoms with Gasteiger partial charge in [0.1, 0.15) is 5.75 Å². The highest BCUT2D eigenvalue weighted by Crippen LogP contribution is 2.39. The number of benzene rings is 3. The van der Waals surface area contributed by atoms with Crippen molar-refractivity contribution in [1.29, 1.82) is 0 Å². The van der Waals surface area contributed by atoms with Gasteiger partial charge < -0.3 is 19.2 Å². The minimum absolute atomic E-state index is 0.0596. The molecule has 0 spiro atoms. The van der Waals surface area contributed by atoms with Gasteiger partial charge in [0.05, 0.1) is 13.2 Å². The lowest BCUT2D eigenvalue weighted by Crippen LogP contribution is -2.69. The summed E-state index contributed by atoms with van der Waals surface area (Å²) in [5, 5.41) is 13.6. The molecule has 1 unspecified atom stereocenters. The quantitative estimate of drug-likeness (QED) is 0.508. The molecule has 3 aromatic rings. The number of hydrogen-bond donors (Lipinski definition) is 1. The molecule has 1 N–H and O–H groups in total. The van der Waals surface area contributed by atoms with Crippen molar-refractivity contribution in [2.75, 3.05) is 7.11 Å². The number of nitrogens with zero attached hydrogens (tertiary/aromatic N) is 1. The fourth-order valence-corrected chi connectivity index (χ4v) is 9.76. The molecule has 2 atom stereocenters. The van der Waals surface area contributed by atoms with Crippen molar-refractivity contribution >= 4 is 24.6 Å². The van der Waals surface area contributed by atoms with E-state index in [4.69, 9.17) is 9.16 Å². The van der Waals surface area contributed by atoms with Crippen LogP contribution in [-0.4, -0.2) is 43.7 Å². The molecule has 35 heavy (non-hydrogen) atoms. The van der Waals surface area contributed by atoms with Gasteiger partial charge in [0.15, 0.2) is 6.23 Å². The van der Waals surface area contributed by atoms with Gasteiger partial charge in [0.25, 0.3) is 8.32 Å². The van der Waals surface area contributed by atoms with E-state index >= 15 is 0 Å². The van der Waals surface area contributed by atoms with E-state index in [0.29, 0.717) is 19.4 Å². The van der Waals surface area contributed by atoms with E-state index in [1.165, 1.54) is 0 Å². The summed E-state index contributed by atoms with van der Waals surface area (Å²) in [4.78, 5) is 14.4. The van der Waals surface area contributed by atoms with Gasteiger partial charge in [-0.2, -0.15) is 0 Å².